The summed E-state index contributed by atoms with van der Waals surface area (Å²) < 4.78 is 0. The number of hydrogen-bond donors (Lipinski definition) is 2. The van der Waals surface area contributed by atoms with E-state index in [1.165, 1.54) is 12.8 Å². The molecule has 2 unspecified atom stereocenters. The van der Waals surface area contributed by atoms with Crippen molar-refractivity contribution in [2.45, 2.75) is 52.9 Å². The van der Waals surface area contributed by atoms with Crippen LogP contribution in [0.2, 0.25) is 0 Å². The van der Waals surface area contributed by atoms with Crippen LogP contribution in [-0.2, 0) is 0 Å². The lowest BCUT2D eigenvalue weighted by Crippen LogP contribution is -2.46. The van der Waals surface area contributed by atoms with Crippen molar-refractivity contribution in [1.29, 1.82) is 0 Å². The van der Waals surface area contributed by atoms with Crippen LogP contribution in [0, 0.1) is 11.8 Å². The van der Waals surface area contributed by atoms with Crippen LogP contribution in [0.25, 0.3) is 0 Å². The first-order valence-corrected chi connectivity index (χ1v) is 8.35. The highest BCUT2D eigenvalue weighted by molar-refractivity contribution is 14.0. The second-order valence-electron chi connectivity index (χ2n) is 6.06. The third-order valence-corrected chi connectivity index (χ3v) is 4.02. The van der Waals surface area contributed by atoms with Gasteiger partial charge in [-0.1, -0.05) is 20.3 Å². The summed E-state index contributed by atoms with van der Waals surface area (Å²) in [5.41, 5.74) is 0. The highest BCUT2D eigenvalue weighted by Gasteiger charge is 2.19. The van der Waals surface area contributed by atoms with Gasteiger partial charge < -0.3 is 15.3 Å². The average molecular weight is 411 g/mol. The van der Waals surface area contributed by atoms with Crippen LogP contribution in [0.3, 0.4) is 0 Å². The number of aliphatic imine (C=N–C) groups is 1. The van der Waals surface area contributed by atoms with Gasteiger partial charge in [-0.05, 0) is 44.4 Å². The minimum atomic E-state index is 0. The topological polar surface area (TPSA) is 47.9 Å². The summed E-state index contributed by atoms with van der Waals surface area (Å²) in [5, 5.41) is 12.6. The van der Waals surface area contributed by atoms with Crippen LogP contribution in [0.5, 0.6) is 0 Å². The van der Waals surface area contributed by atoms with E-state index in [0.717, 1.165) is 57.3 Å². The molecule has 0 aliphatic carbocycles. The van der Waals surface area contributed by atoms with Gasteiger partial charge in [0.2, 0.25) is 0 Å². The van der Waals surface area contributed by atoms with E-state index in [-0.39, 0.29) is 30.6 Å². The lowest BCUT2D eigenvalue weighted by Gasteiger charge is -2.33. The third-order valence-electron chi connectivity index (χ3n) is 4.02. The van der Waals surface area contributed by atoms with Crippen molar-refractivity contribution in [3.05, 3.63) is 0 Å². The number of nitrogens with one attached hydrogen (secondary N) is 1. The van der Waals surface area contributed by atoms with Crippen LogP contribution in [0.15, 0.2) is 4.99 Å². The SMILES string of the molecule is CCCC(CCO)CN=C(NCC)N1CCCC(C)C1.I. The predicted molar refractivity (Wildman–Crippen MR) is 101 cm³/mol. The lowest BCUT2D eigenvalue weighted by molar-refractivity contribution is 0.250. The van der Waals surface area contributed by atoms with Gasteiger partial charge in [0.15, 0.2) is 5.96 Å². The smallest absolute Gasteiger partial charge is 0.193 e. The number of guanidine groups is 1. The summed E-state index contributed by atoms with van der Waals surface area (Å²) in [6, 6.07) is 0. The monoisotopic (exact) mass is 411 g/mol. The Hall–Kier alpha value is -0.0400. The quantitative estimate of drug-likeness (QED) is 0.385. The van der Waals surface area contributed by atoms with Crippen LogP contribution >= 0.6 is 24.0 Å². The van der Waals surface area contributed by atoms with Gasteiger partial charge in [-0.15, -0.1) is 24.0 Å². The summed E-state index contributed by atoms with van der Waals surface area (Å²) >= 11 is 0. The van der Waals surface area contributed by atoms with Crippen LogP contribution < -0.4 is 5.32 Å². The standard InChI is InChI=1S/C16H33N3O.HI/c1-4-7-15(9-11-20)12-18-16(17-5-2)19-10-6-8-14(3)13-19;/h14-15,20H,4-13H2,1-3H3,(H,17,18);1H. The molecule has 0 amide bonds. The van der Waals surface area contributed by atoms with Crippen molar-refractivity contribution in [2.24, 2.45) is 16.8 Å². The number of likely N-dealkylation sites (tertiary alicyclic amines) is 1. The fourth-order valence-corrected chi connectivity index (χ4v) is 2.94. The maximum Gasteiger partial charge on any atom is 0.193 e. The Kier molecular flexibility index (Phi) is 12.5. The first-order chi connectivity index (χ1) is 9.71. The Morgan fingerprint density at radius 2 is 2.14 bits per heavy atom. The van der Waals surface area contributed by atoms with Crippen LogP contribution in [-0.4, -0.2) is 48.8 Å². The maximum atomic E-state index is 9.14. The van der Waals surface area contributed by atoms with E-state index in [9.17, 15) is 0 Å². The summed E-state index contributed by atoms with van der Waals surface area (Å²) in [5.74, 6) is 2.34. The molecule has 0 bridgehead atoms. The van der Waals surface area contributed by atoms with Crippen molar-refractivity contribution in [1.82, 2.24) is 10.2 Å². The fourth-order valence-electron chi connectivity index (χ4n) is 2.94. The summed E-state index contributed by atoms with van der Waals surface area (Å²) in [6.07, 6.45) is 5.78. The van der Waals surface area contributed by atoms with Crippen molar-refractivity contribution in [2.75, 3.05) is 32.8 Å². The lowest BCUT2D eigenvalue weighted by atomic mass is 10.00. The molecule has 0 aromatic rings. The Morgan fingerprint density at radius 3 is 2.71 bits per heavy atom. The minimum Gasteiger partial charge on any atom is -0.396 e. The zero-order chi connectivity index (χ0) is 14.8. The summed E-state index contributed by atoms with van der Waals surface area (Å²) in [6.45, 7) is 10.9. The zero-order valence-corrected chi connectivity index (χ0v) is 16.3. The molecule has 1 aliphatic heterocycles. The highest BCUT2D eigenvalue weighted by atomic mass is 127. The number of aliphatic hydroxyl groups excluding tert-OH is 1. The molecule has 1 heterocycles. The van der Waals surface area contributed by atoms with E-state index in [2.05, 4.69) is 31.0 Å². The number of piperidine rings is 1. The highest BCUT2D eigenvalue weighted by Crippen LogP contribution is 2.16. The van der Waals surface area contributed by atoms with Gasteiger partial charge in [0.25, 0.3) is 0 Å². The number of hydrogen-bond acceptors (Lipinski definition) is 2. The van der Waals surface area contributed by atoms with E-state index in [4.69, 9.17) is 10.1 Å². The Morgan fingerprint density at radius 1 is 1.38 bits per heavy atom. The van der Waals surface area contributed by atoms with Gasteiger partial charge in [0.1, 0.15) is 0 Å². The molecule has 2 N–H and O–H groups in total. The maximum absolute atomic E-state index is 9.14. The van der Waals surface area contributed by atoms with Crippen LogP contribution in [0.4, 0.5) is 0 Å². The zero-order valence-electron chi connectivity index (χ0n) is 14.0. The fraction of sp³-hybridized carbons (Fsp3) is 0.938. The molecule has 1 saturated heterocycles. The van der Waals surface area contributed by atoms with Crippen molar-refractivity contribution in [3.63, 3.8) is 0 Å². The van der Waals surface area contributed by atoms with Gasteiger partial charge >= 0.3 is 0 Å². The second kappa shape index (κ2) is 12.5. The molecule has 0 spiro atoms. The average Bonchev–Trinajstić information content (AvgIpc) is 2.43. The number of rotatable bonds is 7. The Balaban J connectivity index is 0.00000400. The molecule has 0 radical (unpaired) electrons. The van der Waals surface area contributed by atoms with E-state index >= 15 is 0 Å². The molecule has 1 rings (SSSR count). The number of aliphatic hydroxyl groups is 1. The van der Waals surface area contributed by atoms with E-state index < -0.39 is 0 Å². The van der Waals surface area contributed by atoms with Crippen molar-refractivity contribution >= 4 is 29.9 Å². The molecule has 1 fully saturated rings. The first kappa shape index (κ1) is 21.0. The summed E-state index contributed by atoms with van der Waals surface area (Å²) in [7, 11) is 0. The molecule has 1 aliphatic rings. The Bertz CT molecular complexity index is 281. The van der Waals surface area contributed by atoms with E-state index in [1.54, 1.807) is 0 Å². The molecular weight excluding hydrogens is 377 g/mol. The van der Waals surface area contributed by atoms with E-state index in [0.29, 0.717) is 5.92 Å². The van der Waals surface area contributed by atoms with Gasteiger partial charge in [-0.2, -0.15) is 0 Å². The van der Waals surface area contributed by atoms with Crippen LogP contribution in [0.1, 0.15) is 52.9 Å². The predicted octanol–water partition coefficient (Wildman–Crippen LogP) is 3.10. The summed E-state index contributed by atoms with van der Waals surface area (Å²) in [4.78, 5) is 7.23. The van der Waals surface area contributed by atoms with Gasteiger partial charge in [0.05, 0.1) is 0 Å². The molecule has 4 nitrogen and oxygen atoms in total. The third kappa shape index (κ3) is 8.24. The van der Waals surface area contributed by atoms with Gasteiger partial charge in [-0.3, -0.25) is 4.99 Å². The largest absolute Gasteiger partial charge is 0.396 e. The normalized spacial score (nSPS) is 20.9. The molecule has 126 valence electrons. The molecule has 5 heteroatoms. The molecule has 0 saturated carbocycles. The molecular formula is C16H34IN3O. The second-order valence-corrected chi connectivity index (χ2v) is 6.06. The first-order valence-electron chi connectivity index (χ1n) is 8.35. The van der Waals surface area contributed by atoms with E-state index in [1.807, 2.05) is 0 Å². The molecule has 2 atom stereocenters. The van der Waals surface area contributed by atoms with Gasteiger partial charge in [0, 0.05) is 32.8 Å². The molecule has 21 heavy (non-hydrogen) atoms. The molecule has 0 aromatic heterocycles. The number of halogens is 1. The minimum absolute atomic E-state index is 0. The molecule has 0 aromatic carbocycles. The van der Waals surface area contributed by atoms with Crippen molar-refractivity contribution < 1.29 is 5.11 Å². The number of nitrogens with zero attached hydrogens (tertiary/aromatic N) is 2. The van der Waals surface area contributed by atoms with Gasteiger partial charge in [-0.25, -0.2) is 0 Å². The van der Waals surface area contributed by atoms with Crippen molar-refractivity contribution in [3.8, 4) is 0 Å². The Labute approximate surface area is 147 Å².